The molecule has 0 N–H and O–H groups in total. The van der Waals surface area contributed by atoms with Gasteiger partial charge in [0.25, 0.3) is 0 Å². The molecule has 1 saturated heterocycles. The highest BCUT2D eigenvalue weighted by Gasteiger charge is 2.16. The maximum Gasteiger partial charge on any atom is 0.103 e. The predicted octanol–water partition coefficient (Wildman–Crippen LogP) is 1.70. The van der Waals surface area contributed by atoms with Crippen molar-refractivity contribution in [2.75, 3.05) is 25.1 Å². The molecule has 1 aromatic heterocycles. The Balaban J connectivity index is 2.31. The Hall–Kier alpha value is -1.60. The highest BCUT2D eigenvalue weighted by Crippen LogP contribution is 2.24. The first kappa shape index (κ1) is 10.9. The van der Waals surface area contributed by atoms with Crippen LogP contribution in [0.5, 0.6) is 0 Å². The van der Waals surface area contributed by atoms with Crippen molar-refractivity contribution in [1.82, 2.24) is 4.98 Å². The topological polar surface area (TPSA) is 49.1 Å². The fraction of sp³-hybridized carbons (Fsp3) is 0.500. The lowest BCUT2D eigenvalue weighted by Gasteiger charge is -2.19. The summed E-state index contributed by atoms with van der Waals surface area (Å²) in [6, 6.07) is 4.16. The summed E-state index contributed by atoms with van der Waals surface area (Å²) in [5.74, 6) is 0. The van der Waals surface area contributed by atoms with E-state index in [1.807, 2.05) is 6.07 Å². The maximum atomic E-state index is 9.05. The number of aromatic nitrogens is 1. The second-order valence-corrected chi connectivity index (χ2v) is 3.93. The Morgan fingerprint density at radius 2 is 2.25 bits per heavy atom. The van der Waals surface area contributed by atoms with Gasteiger partial charge in [0.2, 0.25) is 0 Å². The summed E-state index contributed by atoms with van der Waals surface area (Å²) in [6.45, 7) is 2.56. The Labute approximate surface area is 95.5 Å². The quantitative estimate of drug-likeness (QED) is 0.773. The third-order valence-electron chi connectivity index (χ3n) is 2.80. The van der Waals surface area contributed by atoms with Crippen molar-refractivity contribution in [2.45, 2.75) is 19.4 Å². The largest absolute Gasteiger partial charge is 0.378 e. The third-order valence-corrected chi connectivity index (χ3v) is 2.80. The molecule has 84 valence electrons. The second-order valence-electron chi connectivity index (χ2n) is 3.93. The molecular weight excluding hydrogens is 202 g/mol. The van der Waals surface area contributed by atoms with Gasteiger partial charge in [-0.2, -0.15) is 5.26 Å². The van der Waals surface area contributed by atoms with Crippen LogP contribution in [0.1, 0.15) is 24.1 Å². The molecule has 0 bridgehead atoms. The molecule has 2 rings (SSSR count). The third kappa shape index (κ3) is 2.15. The average Bonchev–Trinajstić information content (AvgIpc) is 2.83. The van der Waals surface area contributed by atoms with E-state index in [2.05, 4.69) is 16.0 Å². The first-order valence-corrected chi connectivity index (χ1v) is 5.48. The number of nitrogens with zero attached hydrogens (tertiary/aromatic N) is 3. The normalized spacial score (nSPS) is 15.1. The molecule has 0 aromatic carbocycles. The van der Waals surface area contributed by atoms with Crippen LogP contribution in [0.2, 0.25) is 0 Å². The summed E-state index contributed by atoms with van der Waals surface area (Å²) in [4.78, 5) is 6.45. The van der Waals surface area contributed by atoms with Gasteiger partial charge < -0.3 is 9.64 Å². The summed E-state index contributed by atoms with van der Waals surface area (Å²) in [7, 11) is 1.65. The molecule has 4 nitrogen and oxygen atoms in total. The van der Waals surface area contributed by atoms with Gasteiger partial charge in [0, 0.05) is 26.4 Å². The lowest BCUT2D eigenvalue weighted by molar-refractivity contribution is 0.181. The number of methoxy groups -OCH3 is 1. The van der Waals surface area contributed by atoms with Gasteiger partial charge in [-0.05, 0) is 18.9 Å². The summed E-state index contributed by atoms with van der Waals surface area (Å²) >= 11 is 0. The smallest absolute Gasteiger partial charge is 0.103 e. The number of pyridine rings is 1. The van der Waals surface area contributed by atoms with E-state index in [0.29, 0.717) is 12.2 Å². The number of ether oxygens (including phenoxy) is 1. The molecule has 1 aliphatic rings. The lowest BCUT2D eigenvalue weighted by atomic mass is 10.2. The molecule has 4 heteroatoms. The number of nitriles is 1. The van der Waals surface area contributed by atoms with E-state index >= 15 is 0 Å². The Kier molecular flexibility index (Phi) is 3.37. The Morgan fingerprint density at radius 3 is 2.88 bits per heavy atom. The van der Waals surface area contributed by atoms with Crippen LogP contribution in [0.15, 0.2) is 12.3 Å². The van der Waals surface area contributed by atoms with Gasteiger partial charge in [-0.25, -0.2) is 0 Å². The molecule has 0 unspecified atom stereocenters. The van der Waals surface area contributed by atoms with Crippen molar-refractivity contribution in [2.24, 2.45) is 0 Å². The van der Waals surface area contributed by atoms with E-state index in [-0.39, 0.29) is 0 Å². The van der Waals surface area contributed by atoms with Gasteiger partial charge in [0.1, 0.15) is 6.07 Å². The average molecular weight is 217 g/mol. The van der Waals surface area contributed by atoms with E-state index in [1.54, 1.807) is 13.3 Å². The van der Waals surface area contributed by atoms with Gasteiger partial charge in [-0.15, -0.1) is 0 Å². The van der Waals surface area contributed by atoms with Gasteiger partial charge >= 0.3 is 0 Å². The molecule has 16 heavy (non-hydrogen) atoms. The molecule has 0 aliphatic carbocycles. The van der Waals surface area contributed by atoms with Crippen molar-refractivity contribution in [3.05, 3.63) is 23.5 Å². The van der Waals surface area contributed by atoms with E-state index in [0.717, 1.165) is 24.5 Å². The molecule has 2 heterocycles. The van der Waals surface area contributed by atoms with Gasteiger partial charge in [-0.1, -0.05) is 0 Å². The number of hydrogen-bond acceptors (Lipinski definition) is 4. The Bertz CT molecular complexity index is 405. The van der Waals surface area contributed by atoms with Crippen LogP contribution in [0.4, 0.5) is 5.69 Å². The molecule has 1 aliphatic heterocycles. The van der Waals surface area contributed by atoms with Crippen molar-refractivity contribution in [3.63, 3.8) is 0 Å². The highest BCUT2D eigenvalue weighted by molar-refractivity contribution is 5.59. The lowest BCUT2D eigenvalue weighted by Crippen LogP contribution is -2.19. The second kappa shape index (κ2) is 4.95. The number of hydrogen-bond donors (Lipinski definition) is 0. The van der Waals surface area contributed by atoms with Gasteiger partial charge in [0.15, 0.2) is 0 Å². The summed E-state index contributed by atoms with van der Waals surface area (Å²) in [5.41, 5.74) is 2.53. The minimum Gasteiger partial charge on any atom is -0.378 e. The zero-order chi connectivity index (χ0) is 11.4. The fourth-order valence-corrected chi connectivity index (χ4v) is 2.02. The SMILES string of the molecule is COCc1cc(N2CCCC2)c(C#N)cn1. The molecule has 0 amide bonds. The van der Waals surface area contributed by atoms with Crippen LogP contribution in [0.25, 0.3) is 0 Å². The molecule has 0 saturated carbocycles. The standard InChI is InChI=1S/C12H15N3O/c1-16-9-11-6-12(10(7-13)8-14-11)15-4-2-3-5-15/h6,8H,2-5,9H2,1H3. The highest BCUT2D eigenvalue weighted by atomic mass is 16.5. The van der Waals surface area contributed by atoms with E-state index in [9.17, 15) is 0 Å². The van der Waals surface area contributed by atoms with Crippen LogP contribution in [0.3, 0.4) is 0 Å². The summed E-state index contributed by atoms with van der Waals surface area (Å²) in [5, 5.41) is 9.05. The van der Waals surface area contributed by atoms with E-state index in [1.165, 1.54) is 12.8 Å². The van der Waals surface area contributed by atoms with E-state index in [4.69, 9.17) is 10.00 Å². The monoisotopic (exact) mass is 217 g/mol. The summed E-state index contributed by atoms with van der Waals surface area (Å²) < 4.78 is 5.06. The van der Waals surface area contributed by atoms with Crippen LogP contribution >= 0.6 is 0 Å². The molecule has 0 atom stereocenters. The van der Waals surface area contributed by atoms with Crippen LogP contribution < -0.4 is 4.90 Å². The maximum absolute atomic E-state index is 9.05. The zero-order valence-electron chi connectivity index (χ0n) is 9.44. The van der Waals surface area contributed by atoms with Gasteiger partial charge in [-0.3, -0.25) is 4.98 Å². The molecular formula is C12H15N3O. The van der Waals surface area contributed by atoms with Crippen molar-refractivity contribution in [3.8, 4) is 6.07 Å². The van der Waals surface area contributed by atoms with Crippen molar-refractivity contribution in [1.29, 1.82) is 5.26 Å². The number of rotatable bonds is 3. The van der Waals surface area contributed by atoms with E-state index < -0.39 is 0 Å². The van der Waals surface area contributed by atoms with Crippen molar-refractivity contribution >= 4 is 5.69 Å². The molecule has 1 aromatic rings. The minimum absolute atomic E-state index is 0.493. The minimum atomic E-state index is 0.493. The van der Waals surface area contributed by atoms with Crippen LogP contribution in [0, 0.1) is 11.3 Å². The molecule has 0 radical (unpaired) electrons. The first-order valence-electron chi connectivity index (χ1n) is 5.48. The van der Waals surface area contributed by atoms with Crippen molar-refractivity contribution < 1.29 is 4.74 Å². The zero-order valence-corrected chi connectivity index (χ0v) is 9.44. The first-order chi connectivity index (χ1) is 7.85. The van der Waals surface area contributed by atoms with Crippen LogP contribution in [-0.4, -0.2) is 25.2 Å². The summed E-state index contributed by atoms with van der Waals surface area (Å²) in [6.07, 6.45) is 4.04. The number of anilines is 1. The van der Waals surface area contributed by atoms with Crippen LogP contribution in [-0.2, 0) is 11.3 Å². The predicted molar refractivity (Wildman–Crippen MR) is 61.1 cm³/mol. The molecule has 1 fully saturated rings. The Morgan fingerprint density at radius 1 is 1.50 bits per heavy atom. The fourth-order valence-electron chi connectivity index (χ4n) is 2.02. The van der Waals surface area contributed by atoms with Gasteiger partial charge in [0.05, 0.1) is 23.6 Å². The molecule has 0 spiro atoms.